The quantitative estimate of drug-likeness (QED) is 0.757. The topological polar surface area (TPSA) is 50.4 Å². The van der Waals surface area contributed by atoms with E-state index >= 15 is 0 Å². The van der Waals surface area contributed by atoms with E-state index in [1.54, 1.807) is 0 Å². The molecule has 1 amide bonds. The fourth-order valence-electron chi connectivity index (χ4n) is 2.77. The summed E-state index contributed by atoms with van der Waals surface area (Å²) < 4.78 is 5.65. The summed E-state index contributed by atoms with van der Waals surface area (Å²) in [6.45, 7) is 7.14. The zero-order valence-electron chi connectivity index (χ0n) is 15.0. The summed E-state index contributed by atoms with van der Waals surface area (Å²) in [4.78, 5) is 12.1. The molecule has 1 aromatic rings. The highest BCUT2D eigenvalue weighted by Gasteiger charge is 2.17. The molecule has 134 valence electrons. The number of aryl methyl sites for hydroxylation is 1. The molecule has 2 N–H and O–H groups in total. The van der Waals surface area contributed by atoms with Crippen LogP contribution in [0.5, 0.6) is 5.75 Å². The first kappa shape index (κ1) is 19.1. The average molecular weight is 351 g/mol. The van der Waals surface area contributed by atoms with E-state index < -0.39 is 0 Å². The number of ether oxygens (including phenoxy) is 1. The number of carbonyl (C=O) groups excluding carboxylic acids is 1. The third-order valence-electron chi connectivity index (χ3n) is 4.00. The van der Waals surface area contributed by atoms with Crippen molar-refractivity contribution in [2.45, 2.75) is 58.2 Å². The Morgan fingerprint density at radius 3 is 2.71 bits per heavy atom. The fraction of sp³-hybridized carbons (Fsp3) is 0.632. The van der Waals surface area contributed by atoms with E-state index in [9.17, 15) is 4.79 Å². The Labute approximate surface area is 150 Å². The molecule has 1 aromatic carbocycles. The van der Waals surface area contributed by atoms with Crippen molar-refractivity contribution in [3.8, 4) is 5.75 Å². The molecule has 0 aromatic heterocycles. The summed E-state index contributed by atoms with van der Waals surface area (Å²) in [6, 6.07) is 8.77. The molecule has 0 spiro atoms. The van der Waals surface area contributed by atoms with E-state index in [2.05, 4.69) is 29.7 Å². The molecule has 0 saturated carbocycles. The normalized spacial score (nSPS) is 19.1. The van der Waals surface area contributed by atoms with Crippen LogP contribution in [0.2, 0.25) is 0 Å². The van der Waals surface area contributed by atoms with Gasteiger partial charge in [0.1, 0.15) is 5.75 Å². The van der Waals surface area contributed by atoms with Crippen LogP contribution in [0, 0.1) is 0 Å². The molecule has 1 aliphatic heterocycles. The van der Waals surface area contributed by atoms with Gasteiger partial charge in [-0.15, -0.1) is 0 Å². The van der Waals surface area contributed by atoms with Crippen molar-refractivity contribution in [1.82, 2.24) is 10.6 Å². The Kier molecular flexibility index (Phi) is 7.92. The fourth-order valence-corrected chi connectivity index (χ4v) is 3.72. The minimum absolute atomic E-state index is 0.156. The highest BCUT2D eigenvalue weighted by atomic mass is 32.2. The molecule has 2 atom stereocenters. The largest absolute Gasteiger partial charge is 0.491 e. The molecule has 1 saturated heterocycles. The van der Waals surface area contributed by atoms with Gasteiger partial charge in [0.25, 0.3) is 0 Å². The van der Waals surface area contributed by atoms with Crippen LogP contribution in [0.25, 0.3) is 0 Å². The molecule has 0 aliphatic carbocycles. The van der Waals surface area contributed by atoms with Gasteiger partial charge in [-0.25, -0.2) is 0 Å². The van der Waals surface area contributed by atoms with Crippen LogP contribution >= 0.6 is 11.8 Å². The lowest BCUT2D eigenvalue weighted by molar-refractivity contribution is -0.122. The van der Waals surface area contributed by atoms with Crippen molar-refractivity contribution in [2.24, 2.45) is 0 Å². The molecule has 1 fully saturated rings. The number of amides is 1. The molecular weight excluding hydrogens is 320 g/mol. The van der Waals surface area contributed by atoms with Gasteiger partial charge in [0.05, 0.1) is 6.10 Å². The summed E-state index contributed by atoms with van der Waals surface area (Å²) in [6.07, 6.45) is 2.69. The number of rotatable bonds is 8. The SMILES string of the molecule is CC(CCc1ccc(OC(C)C)cc1)NC(=O)CC1CSCCN1. The predicted molar refractivity (Wildman–Crippen MR) is 102 cm³/mol. The van der Waals surface area contributed by atoms with Crippen molar-refractivity contribution >= 4 is 17.7 Å². The molecule has 24 heavy (non-hydrogen) atoms. The third-order valence-corrected chi connectivity index (χ3v) is 5.13. The van der Waals surface area contributed by atoms with E-state index in [0.29, 0.717) is 12.5 Å². The first-order valence-electron chi connectivity index (χ1n) is 8.89. The third kappa shape index (κ3) is 7.14. The van der Waals surface area contributed by atoms with Gasteiger partial charge < -0.3 is 15.4 Å². The van der Waals surface area contributed by atoms with Gasteiger partial charge in [-0.05, 0) is 51.3 Å². The van der Waals surface area contributed by atoms with E-state index in [-0.39, 0.29) is 18.1 Å². The van der Waals surface area contributed by atoms with Gasteiger partial charge in [0, 0.05) is 36.6 Å². The van der Waals surface area contributed by atoms with Gasteiger partial charge in [-0.2, -0.15) is 11.8 Å². The van der Waals surface area contributed by atoms with Crippen molar-refractivity contribution in [1.29, 1.82) is 0 Å². The molecule has 1 heterocycles. The van der Waals surface area contributed by atoms with Gasteiger partial charge in [-0.1, -0.05) is 12.1 Å². The predicted octanol–water partition coefficient (Wildman–Crippen LogP) is 3.01. The highest BCUT2D eigenvalue weighted by molar-refractivity contribution is 7.99. The lowest BCUT2D eigenvalue weighted by atomic mass is 10.1. The minimum Gasteiger partial charge on any atom is -0.491 e. The highest BCUT2D eigenvalue weighted by Crippen LogP contribution is 2.15. The molecule has 0 radical (unpaired) electrons. The van der Waals surface area contributed by atoms with Crippen LogP contribution < -0.4 is 15.4 Å². The second-order valence-electron chi connectivity index (χ2n) is 6.75. The summed E-state index contributed by atoms with van der Waals surface area (Å²) in [7, 11) is 0. The summed E-state index contributed by atoms with van der Waals surface area (Å²) in [5.74, 6) is 3.25. The van der Waals surface area contributed by atoms with Crippen LogP contribution in [-0.2, 0) is 11.2 Å². The molecule has 2 rings (SSSR count). The lowest BCUT2D eigenvalue weighted by Gasteiger charge is -2.23. The maximum absolute atomic E-state index is 12.1. The van der Waals surface area contributed by atoms with Gasteiger partial charge in [-0.3, -0.25) is 4.79 Å². The van der Waals surface area contributed by atoms with Gasteiger partial charge in [0.2, 0.25) is 5.91 Å². The van der Waals surface area contributed by atoms with Crippen molar-refractivity contribution < 1.29 is 9.53 Å². The van der Waals surface area contributed by atoms with E-state index in [0.717, 1.165) is 36.6 Å². The van der Waals surface area contributed by atoms with Crippen LogP contribution in [0.3, 0.4) is 0 Å². The second-order valence-corrected chi connectivity index (χ2v) is 7.90. The molecule has 4 nitrogen and oxygen atoms in total. The Morgan fingerprint density at radius 1 is 1.33 bits per heavy atom. The number of carbonyl (C=O) groups is 1. The maximum Gasteiger partial charge on any atom is 0.221 e. The van der Waals surface area contributed by atoms with E-state index in [1.165, 1.54) is 5.56 Å². The number of benzene rings is 1. The monoisotopic (exact) mass is 350 g/mol. The first-order chi connectivity index (χ1) is 11.5. The Hall–Kier alpha value is -1.20. The number of thioether (sulfide) groups is 1. The van der Waals surface area contributed by atoms with Crippen LogP contribution in [0.4, 0.5) is 0 Å². The van der Waals surface area contributed by atoms with Crippen molar-refractivity contribution in [3.05, 3.63) is 29.8 Å². The first-order valence-corrected chi connectivity index (χ1v) is 10.0. The van der Waals surface area contributed by atoms with Crippen LogP contribution in [-0.4, -0.2) is 42.1 Å². The Balaban J connectivity index is 1.68. The number of hydrogen-bond donors (Lipinski definition) is 2. The van der Waals surface area contributed by atoms with Crippen LogP contribution in [0.15, 0.2) is 24.3 Å². The Bertz CT molecular complexity index is 499. The number of hydrogen-bond acceptors (Lipinski definition) is 4. The maximum atomic E-state index is 12.1. The van der Waals surface area contributed by atoms with Crippen LogP contribution in [0.1, 0.15) is 39.2 Å². The van der Waals surface area contributed by atoms with E-state index in [4.69, 9.17) is 4.74 Å². The zero-order chi connectivity index (χ0) is 17.4. The molecule has 2 unspecified atom stereocenters. The van der Waals surface area contributed by atoms with Crippen molar-refractivity contribution in [3.63, 3.8) is 0 Å². The van der Waals surface area contributed by atoms with E-state index in [1.807, 2.05) is 37.7 Å². The molecular formula is C19H30N2O2S. The minimum atomic E-state index is 0.156. The summed E-state index contributed by atoms with van der Waals surface area (Å²) in [5.41, 5.74) is 1.28. The second kappa shape index (κ2) is 9.94. The molecule has 5 heteroatoms. The standard InChI is InChI=1S/C19H30N2O2S/c1-14(2)23-18-8-6-16(7-9-18)5-4-15(3)21-19(22)12-17-13-24-11-10-20-17/h6-9,14-15,17,20H,4-5,10-13H2,1-3H3,(H,21,22). The van der Waals surface area contributed by atoms with Gasteiger partial charge in [0.15, 0.2) is 0 Å². The smallest absolute Gasteiger partial charge is 0.221 e. The molecule has 0 bridgehead atoms. The average Bonchev–Trinajstić information content (AvgIpc) is 2.54. The zero-order valence-corrected chi connectivity index (χ0v) is 15.8. The Morgan fingerprint density at radius 2 is 2.08 bits per heavy atom. The number of nitrogens with one attached hydrogen (secondary N) is 2. The van der Waals surface area contributed by atoms with Crippen molar-refractivity contribution in [2.75, 3.05) is 18.1 Å². The summed E-state index contributed by atoms with van der Waals surface area (Å²) in [5, 5.41) is 6.53. The van der Waals surface area contributed by atoms with Gasteiger partial charge >= 0.3 is 0 Å². The molecule has 1 aliphatic rings. The summed E-state index contributed by atoms with van der Waals surface area (Å²) >= 11 is 1.92. The lowest BCUT2D eigenvalue weighted by Crippen LogP contribution is -2.43.